The lowest BCUT2D eigenvalue weighted by Gasteiger charge is -2.13. The first-order chi connectivity index (χ1) is 7.34. The molecule has 0 radical (unpaired) electrons. The number of hydrogen-bond donors (Lipinski definition) is 2. The minimum Gasteiger partial charge on any atom is -0.396 e. The number of halogens is 4. The van der Waals surface area contributed by atoms with Gasteiger partial charge in [-0.1, -0.05) is 15.9 Å². The lowest BCUT2D eigenvalue weighted by atomic mass is 10.0. The van der Waals surface area contributed by atoms with Crippen molar-refractivity contribution < 1.29 is 23.4 Å². The van der Waals surface area contributed by atoms with Crippen LogP contribution >= 0.6 is 15.9 Å². The lowest BCUT2D eigenvalue weighted by molar-refractivity contribution is -0.137. The molecule has 2 nitrogen and oxygen atoms in total. The Morgan fingerprint density at radius 2 is 1.88 bits per heavy atom. The molecule has 0 aromatic heterocycles. The molecule has 0 fully saturated rings. The molecule has 0 amide bonds. The Hall–Kier alpha value is -0.590. The van der Waals surface area contributed by atoms with E-state index in [-0.39, 0.29) is 23.1 Å². The molecule has 0 bridgehead atoms. The van der Waals surface area contributed by atoms with E-state index >= 15 is 0 Å². The van der Waals surface area contributed by atoms with Crippen molar-refractivity contribution in [1.29, 1.82) is 0 Å². The van der Waals surface area contributed by atoms with Gasteiger partial charge in [0.2, 0.25) is 0 Å². The molecule has 0 saturated heterocycles. The highest BCUT2D eigenvalue weighted by atomic mass is 79.9. The molecule has 0 spiro atoms. The SMILES string of the molecule is OCCC(O)c1cc(Br)cc(C(F)(F)F)c1. The van der Waals surface area contributed by atoms with Crippen LogP contribution in [0.4, 0.5) is 13.2 Å². The van der Waals surface area contributed by atoms with E-state index in [2.05, 4.69) is 15.9 Å². The van der Waals surface area contributed by atoms with E-state index in [1.165, 1.54) is 6.07 Å². The van der Waals surface area contributed by atoms with Gasteiger partial charge in [-0.3, -0.25) is 0 Å². The maximum atomic E-state index is 12.4. The molecule has 6 heteroatoms. The van der Waals surface area contributed by atoms with Crippen LogP contribution in [0.1, 0.15) is 23.7 Å². The summed E-state index contributed by atoms with van der Waals surface area (Å²) in [6.07, 6.45) is -5.53. The van der Waals surface area contributed by atoms with Crippen molar-refractivity contribution in [3.05, 3.63) is 33.8 Å². The first-order valence-electron chi connectivity index (χ1n) is 4.51. The van der Waals surface area contributed by atoms with Crippen molar-refractivity contribution in [2.75, 3.05) is 6.61 Å². The van der Waals surface area contributed by atoms with Crippen LogP contribution in [0.15, 0.2) is 22.7 Å². The highest BCUT2D eigenvalue weighted by Crippen LogP contribution is 2.33. The van der Waals surface area contributed by atoms with Crippen molar-refractivity contribution >= 4 is 15.9 Å². The fraction of sp³-hybridized carbons (Fsp3) is 0.400. The predicted octanol–water partition coefficient (Wildman–Crippen LogP) is 2.88. The van der Waals surface area contributed by atoms with Crippen LogP contribution in [0.2, 0.25) is 0 Å². The molecule has 0 heterocycles. The zero-order chi connectivity index (χ0) is 12.3. The van der Waals surface area contributed by atoms with E-state index in [9.17, 15) is 18.3 Å². The molecule has 1 atom stereocenters. The Balaban J connectivity index is 3.08. The molecule has 0 aliphatic rings. The highest BCUT2D eigenvalue weighted by Gasteiger charge is 2.31. The van der Waals surface area contributed by atoms with Gasteiger partial charge in [0.25, 0.3) is 0 Å². The van der Waals surface area contributed by atoms with Gasteiger partial charge in [-0.2, -0.15) is 13.2 Å². The average molecular weight is 299 g/mol. The Kier molecular flexibility index (Phi) is 4.35. The molecule has 1 aromatic carbocycles. The molecule has 0 saturated carbocycles. The van der Waals surface area contributed by atoms with E-state index in [4.69, 9.17) is 5.11 Å². The number of aliphatic hydroxyl groups is 2. The van der Waals surface area contributed by atoms with Crippen LogP contribution in [-0.2, 0) is 6.18 Å². The molecule has 16 heavy (non-hydrogen) atoms. The standard InChI is InChI=1S/C10H10BrF3O2/c11-8-4-6(9(16)1-2-15)3-7(5-8)10(12,13)14/h3-5,9,15-16H,1-2H2. The van der Waals surface area contributed by atoms with Crippen molar-refractivity contribution in [3.8, 4) is 0 Å². The first kappa shape index (κ1) is 13.5. The zero-order valence-corrected chi connectivity index (χ0v) is 9.72. The first-order valence-corrected chi connectivity index (χ1v) is 5.30. The third-order valence-corrected chi connectivity index (χ3v) is 2.49. The van der Waals surface area contributed by atoms with Crippen LogP contribution in [0.25, 0.3) is 0 Å². The Morgan fingerprint density at radius 1 is 1.25 bits per heavy atom. The van der Waals surface area contributed by atoms with Gasteiger partial charge >= 0.3 is 6.18 Å². The summed E-state index contributed by atoms with van der Waals surface area (Å²) in [5.74, 6) is 0. The third-order valence-electron chi connectivity index (χ3n) is 2.03. The molecule has 1 unspecified atom stereocenters. The summed E-state index contributed by atoms with van der Waals surface area (Å²) in [6.45, 7) is -0.283. The topological polar surface area (TPSA) is 40.5 Å². The van der Waals surface area contributed by atoms with Crippen molar-refractivity contribution in [1.82, 2.24) is 0 Å². The number of hydrogen-bond acceptors (Lipinski definition) is 2. The lowest BCUT2D eigenvalue weighted by Crippen LogP contribution is -2.08. The quantitative estimate of drug-likeness (QED) is 0.901. The molecule has 0 aliphatic carbocycles. The summed E-state index contributed by atoms with van der Waals surface area (Å²) in [5.41, 5.74) is -0.690. The van der Waals surface area contributed by atoms with Crippen LogP contribution in [0, 0.1) is 0 Å². The largest absolute Gasteiger partial charge is 0.416 e. The summed E-state index contributed by atoms with van der Waals surface area (Å²) >= 11 is 2.95. The second-order valence-electron chi connectivity index (χ2n) is 3.30. The number of rotatable bonds is 3. The van der Waals surface area contributed by atoms with Crippen molar-refractivity contribution in [2.24, 2.45) is 0 Å². The monoisotopic (exact) mass is 298 g/mol. The maximum absolute atomic E-state index is 12.4. The zero-order valence-electron chi connectivity index (χ0n) is 8.13. The van der Waals surface area contributed by atoms with Gasteiger partial charge in [0.1, 0.15) is 0 Å². The van der Waals surface area contributed by atoms with Crippen molar-refractivity contribution in [3.63, 3.8) is 0 Å². The van der Waals surface area contributed by atoms with Gasteiger partial charge < -0.3 is 10.2 Å². The molecule has 1 rings (SSSR count). The number of alkyl halides is 3. The maximum Gasteiger partial charge on any atom is 0.416 e. The third kappa shape index (κ3) is 3.47. The van der Waals surface area contributed by atoms with E-state index in [0.29, 0.717) is 0 Å². The van der Waals surface area contributed by atoms with E-state index in [1.807, 2.05) is 0 Å². The van der Waals surface area contributed by atoms with Gasteiger partial charge in [-0.15, -0.1) is 0 Å². The van der Waals surface area contributed by atoms with Gasteiger partial charge in [0, 0.05) is 17.5 Å². The predicted molar refractivity (Wildman–Crippen MR) is 55.8 cm³/mol. The fourth-order valence-electron chi connectivity index (χ4n) is 1.26. The molecular weight excluding hydrogens is 289 g/mol. The summed E-state index contributed by atoms with van der Waals surface area (Å²) in [7, 11) is 0. The minimum absolute atomic E-state index is 0.00769. The summed E-state index contributed by atoms with van der Waals surface area (Å²) < 4.78 is 37.6. The van der Waals surface area contributed by atoms with Crippen molar-refractivity contribution in [2.45, 2.75) is 18.7 Å². The summed E-state index contributed by atoms with van der Waals surface area (Å²) in [6, 6.07) is 3.22. The van der Waals surface area contributed by atoms with E-state index in [0.717, 1.165) is 12.1 Å². The second-order valence-corrected chi connectivity index (χ2v) is 4.21. The van der Waals surface area contributed by atoms with E-state index in [1.54, 1.807) is 0 Å². The summed E-state index contributed by atoms with van der Waals surface area (Å²) in [5, 5.41) is 18.1. The van der Waals surface area contributed by atoms with Gasteiger partial charge in [-0.05, 0) is 23.8 Å². The minimum atomic E-state index is -4.45. The average Bonchev–Trinajstić information content (AvgIpc) is 2.16. The smallest absolute Gasteiger partial charge is 0.396 e. The van der Waals surface area contributed by atoms with Gasteiger partial charge in [0.15, 0.2) is 0 Å². The molecule has 0 aliphatic heterocycles. The number of benzene rings is 1. The Morgan fingerprint density at radius 3 is 2.38 bits per heavy atom. The van der Waals surface area contributed by atoms with Crippen LogP contribution in [0.5, 0.6) is 0 Å². The highest BCUT2D eigenvalue weighted by molar-refractivity contribution is 9.10. The fourth-order valence-corrected chi connectivity index (χ4v) is 1.77. The van der Waals surface area contributed by atoms with Crippen LogP contribution in [0.3, 0.4) is 0 Å². The molecular formula is C10H10BrF3O2. The molecule has 1 aromatic rings. The van der Waals surface area contributed by atoms with Crippen LogP contribution < -0.4 is 0 Å². The van der Waals surface area contributed by atoms with Gasteiger partial charge in [-0.25, -0.2) is 0 Å². The van der Waals surface area contributed by atoms with Gasteiger partial charge in [0.05, 0.1) is 11.7 Å². The second kappa shape index (κ2) is 5.16. The van der Waals surface area contributed by atoms with E-state index < -0.39 is 17.8 Å². The normalized spacial score (nSPS) is 13.9. The van der Waals surface area contributed by atoms with Crippen LogP contribution in [-0.4, -0.2) is 16.8 Å². The number of aliphatic hydroxyl groups excluding tert-OH is 2. The Bertz CT molecular complexity index is 366. The molecule has 90 valence electrons. The summed E-state index contributed by atoms with van der Waals surface area (Å²) in [4.78, 5) is 0. The molecule has 2 N–H and O–H groups in total. The Labute approximate surface area is 98.8 Å².